The fourth-order valence-electron chi connectivity index (χ4n) is 1.09. The van der Waals surface area contributed by atoms with E-state index in [0.717, 1.165) is 4.24 Å². The molecular formula is C11H11NOS3. The zero-order valence-electron chi connectivity index (χ0n) is 8.97. The van der Waals surface area contributed by atoms with Gasteiger partial charge in [0.2, 0.25) is 0 Å². The Bertz CT molecular complexity index is 442. The molecule has 1 aromatic carbocycles. The fourth-order valence-corrected chi connectivity index (χ4v) is 4.05. The minimum atomic E-state index is -1.37. The lowest BCUT2D eigenvalue weighted by Crippen LogP contribution is -1.95. The average Bonchev–Trinajstić information content (AvgIpc) is 2.36. The Balaban J connectivity index is 3.14. The second-order valence-corrected chi connectivity index (χ2v) is 6.03. The van der Waals surface area contributed by atoms with Crippen LogP contribution in [0.3, 0.4) is 0 Å². The third-order valence-corrected chi connectivity index (χ3v) is 5.58. The fraction of sp³-hybridized carbons (Fsp3) is 0.182. The molecule has 0 N–H and O–H groups in total. The molecule has 5 heteroatoms. The highest BCUT2D eigenvalue weighted by Crippen LogP contribution is 2.30. The van der Waals surface area contributed by atoms with E-state index in [1.807, 2.05) is 36.8 Å². The van der Waals surface area contributed by atoms with Gasteiger partial charge < -0.3 is 0 Å². The van der Waals surface area contributed by atoms with Crippen LogP contribution in [0.1, 0.15) is 0 Å². The Hall–Kier alpha value is -0.700. The Morgan fingerprint density at radius 3 is 2.25 bits per heavy atom. The Labute approximate surface area is 107 Å². The highest BCUT2D eigenvalue weighted by Gasteiger charge is 2.14. The van der Waals surface area contributed by atoms with Crippen LogP contribution in [0.2, 0.25) is 0 Å². The summed E-state index contributed by atoms with van der Waals surface area (Å²) in [4.78, 5) is 1.01. The molecule has 1 aromatic rings. The Morgan fingerprint density at radius 2 is 1.81 bits per heavy atom. The molecule has 0 radical (unpaired) electrons. The Kier molecular flexibility index (Phi) is 5.67. The second-order valence-electron chi connectivity index (χ2n) is 2.72. The topological polar surface area (TPSA) is 40.9 Å². The number of hydrogen-bond acceptors (Lipinski definition) is 4. The van der Waals surface area contributed by atoms with Crippen molar-refractivity contribution in [2.75, 3.05) is 12.5 Å². The van der Waals surface area contributed by atoms with Crippen molar-refractivity contribution in [3.05, 3.63) is 39.5 Å². The molecule has 0 saturated heterocycles. The van der Waals surface area contributed by atoms with Crippen LogP contribution < -0.4 is 0 Å². The minimum Gasteiger partial charge on any atom is -0.248 e. The molecule has 0 aliphatic carbocycles. The highest BCUT2D eigenvalue weighted by atomic mass is 32.2. The molecule has 0 aliphatic heterocycles. The predicted octanol–water partition coefficient (Wildman–Crippen LogP) is 3.21. The van der Waals surface area contributed by atoms with Crippen LogP contribution >= 0.6 is 23.5 Å². The summed E-state index contributed by atoms with van der Waals surface area (Å²) in [6.07, 6.45) is 3.76. The molecule has 2 nitrogen and oxygen atoms in total. The number of thioether (sulfide) groups is 2. The molecular weight excluding hydrogens is 258 g/mol. The van der Waals surface area contributed by atoms with Gasteiger partial charge in [-0.25, -0.2) is 4.21 Å². The van der Waals surface area contributed by atoms with E-state index in [1.165, 1.54) is 23.5 Å². The van der Waals surface area contributed by atoms with E-state index in [-0.39, 0.29) is 0 Å². The van der Waals surface area contributed by atoms with Gasteiger partial charge in [-0.3, -0.25) is 0 Å². The number of allylic oxidation sites excluding steroid dienone is 1. The minimum absolute atomic E-state index is 0.339. The summed E-state index contributed by atoms with van der Waals surface area (Å²) in [5.74, 6) is 0. The third kappa shape index (κ3) is 3.14. The zero-order valence-corrected chi connectivity index (χ0v) is 11.4. The van der Waals surface area contributed by atoms with Gasteiger partial charge in [0.15, 0.2) is 0 Å². The molecule has 84 valence electrons. The first kappa shape index (κ1) is 13.4. The van der Waals surface area contributed by atoms with Crippen molar-refractivity contribution in [1.82, 2.24) is 0 Å². The van der Waals surface area contributed by atoms with Crippen molar-refractivity contribution in [2.24, 2.45) is 0 Å². The van der Waals surface area contributed by atoms with Crippen LogP contribution in [-0.2, 0) is 10.8 Å². The SMILES string of the molecule is CSC(SC)=C(C#N)S(=O)c1ccccc1. The van der Waals surface area contributed by atoms with Crippen molar-refractivity contribution in [3.63, 3.8) is 0 Å². The van der Waals surface area contributed by atoms with Gasteiger partial charge in [0.05, 0.1) is 15.0 Å². The zero-order chi connectivity index (χ0) is 12.0. The maximum Gasteiger partial charge on any atom is 0.141 e. The summed E-state index contributed by atoms with van der Waals surface area (Å²) in [6, 6.07) is 11.1. The lowest BCUT2D eigenvalue weighted by molar-refractivity contribution is 0.687. The van der Waals surface area contributed by atoms with Gasteiger partial charge in [0.1, 0.15) is 11.0 Å². The molecule has 0 aromatic heterocycles. The van der Waals surface area contributed by atoms with Gasteiger partial charge in [-0.05, 0) is 24.6 Å². The van der Waals surface area contributed by atoms with Gasteiger partial charge in [0.25, 0.3) is 0 Å². The molecule has 0 spiro atoms. The van der Waals surface area contributed by atoms with E-state index in [0.29, 0.717) is 9.80 Å². The lowest BCUT2D eigenvalue weighted by Gasteiger charge is -2.04. The van der Waals surface area contributed by atoms with Gasteiger partial charge in [-0.15, -0.1) is 23.5 Å². The maximum atomic E-state index is 12.1. The van der Waals surface area contributed by atoms with Gasteiger partial charge >= 0.3 is 0 Å². The number of nitriles is 1. The number of hydrogen-bond donors (Lipinski definition) is 0. The van der Waals surface area contributed by atoms with Crippen LogP contribution in [0.5, 0.6) is 0 Å². The van der Waals surface area contributed by atoms with Crippen LogP contribution in [0.25, 0.3) is 0 Å². The van der Waals surface area contributed by atoms with Gasteiger partial charge in [-0.2, -0.15) is 5.26 Å². The number of rotatable bonds is 4. The molecule has 0 fully saturated rings. The first-order valence-corrected chi connectivity index (χ1v) is 8.03. The third-order valence-electron chi connectivity index (χ3n) is 1.80. The summed E-state index contributed by atoms with van der Waals surface area (Å²) < 4.78 is 12.9. The molecule has 0 heterocycles. The van der Waals surface area contributed by atoms with E-state index in [9.17, 15) is 4.21 Å². The van der Waals surface area contributed by atoms with Crippen LogP contribution in [0.15, 0.2) is 44.4 Å². The van der Waals surface area contributed by atoms with Crippen molar-refractivity contribution >= 4 is 34.3 Å². The van der Waals surface area contributed by atoms with Gasteiger partial charge in [-0.1, -0.05) is 18.2 Å². The summed E-state index contributed by atoms with van der Waals surface area (Å²) in [5, 5.41) is 9.06. The highest BCUT2D eigenvalue weighted by molar-refractivity contribution is 8.22. The van der Waals surface area contributed by atoms with Crippen LogP contribution in [0.4, 0.5) is 0 Å². The number of benzene rings is 1. The molecule has 0 saturated carbocycles. The van der Waals surface area contributed by atoms with E-state index >= 15 is 0 Å². The average molecular weight is 269 g/mol. The van der Waals surface area contributed by atoms with E-state index in [1.54, 1.807) is 12.1 Å². The molecule has 16 heavy (non-hydrogen) atoms. The molecule has 1 rings (SSSR count). The summed E-state index contributed by atoms with van der Waals surface area (Å²) in [7, 11) is -1.37. The molecule has 0 amide bonds. The first-order valence-electron chi connectivity index (χ1n) is 4.43. The summed E-state index contributed by atoms with van der Waals surface area (Å²) in [5.41, 5.74) is 0. The largest absolute Gasteiger partial charge is 0.248 e. The van der Waals surface area contributed by atoms with Crippen LogP contribution in [-0.4, -0.2) is 16.7 Å². The van der Waals surface area contributed by atoms with Crippen molar-refractivity contribution in [3.8, 4) is 6.07 Å². The molecule has 1 unspecified atom stereocenters. The summed E-state index contributed by atoms with van der Waals surface area (Å²) in [6.45, 7) is 0. The molecule has 0 aliphatic rings. The monoisotopic (exact) mass is 269 g/mol. The van der Waals surface area contributed by atoms with Crippen molar-refractivity contribution in [2.45, 2.75) is 4.90 Å². The van der Waals surface area contributed by atoms with E-state index < -0.39 is 10.8 Å². The number of nitrogens with zero attached hydrogens (tertiary/aromatic N) is 1. The maximum absolute atomic E-state index is 12.1. The molecule has 1 atom stereocenters. The summed E-state index contributed by atoms with van der Waals surface area (Å²) >= 11 is 2.91. The molecule has 0 bridgehead atoms. The van der Waals surface area contributed by atoms with Gasteiger partial charge in [0, 0.05) is 4.90 Å². The van der Waals surface area contributed by atoms with Crippen LogP contribution in [0, 0.1) is 11.3 Å². The van der Waals surface area contributed by atoms with E-state index in [2.05, 4.69) is 0 Å². The van der Waals surface area contributed by atoms with E-state index in [4.69, 9.17) is 5.26 Å². The standard InChI is InChI=1S/C11H11NOS3/c1-14-11(15-2)10(8-12)16(13)9-6-4-3-5-7-9/h3-7H,1-2H3. The second kappa shape index (κ2) is 6.79. The smallest absolute Gasteiger partial charge is 0.141 e. The van der Waals surface area contributed by atoms with Crippen molar-refractivity contribution in [1.29, 1.82) is 5.26 Å². The Morgan fingerprint density at radius 1 is 1.25 bits per heavy atom. The quantitative estimate of drug-likeness (QED) is 0.787. The van der Waals surface area contributed by atoms with Crippen molar-refractivity contribution < 1.29 is 4.21 Å². The predicted molar refractivity (Wildman–Crippen MR) is 72.5 cm³/mol. The lowest BCUT2D eigenvalue weighted by atomic mass is 10.4. The normalized spacial score (nSPS) is 11.6. The first-order chi connectivity index (χ1) is 7.74.